The summed E-state index contributed by atoms with van der Waals surface area (Å²) < 4.78 is 24.1. The molecule has 6 N–H and O–H groups in total. The minimum atomic E-state index is -0.379. The molecule has 4 aliphatic rings. The lowest BCUT2D eigenvalue weighted by molar-refractivity contribution is -0.225. The van der Waals surface area contributed by atoms with Crippen molar-refractivity contribution < 1.29 is 38.1 Å². The molecule has 0 amide bonds. The number of nitrogens with zero attached hydrogens (tertiary/aromatic N) is 1. The van der Waals surface area contributed by atoms with Gasteiger partial charge in [-0.05, 0) is 100 Å². The number of hydrogen-bond acceptors (Lipinski definition) is 12. The van der Waals surface area contributed by atoms with Gasteiger partial charge in [0.1, 0.15) is 24.9 Å². The molecule has 0 spiro atoms. The fourth-order valence-corrected chi connectivity index (χ4v) is 10.5. The van der Waals surface area contributed by atoms with Crippen LogP contribution in [0.15, 0.2) is 0 Å². The van der Waals surface area contributed by atoms with Gasteiger partial charge in [-0.2, -0.15) is 0 Å². The highest BCUT2D eigenvalue weighted by Crippen LogP contribution is 2.69. The maximum atomic E-state index is 13.2. The molecule has 4 rings (SSSR count). The topological polar surface area (TPSA) is 186 Å². The molecule has 0 saturated heterocycles. The van der Waals surface area contributed by atoms with E-state index < -0.39 is 0 Å². The number of fused-ring (bicyclic) bond motifs is 5. The Labute approximate surface area is 293 Å². The van der Waals surface area contributed by atoms with Gasteiger partial charge in [-0.1, -0.05) is 20.8 Å². The third kappa shape index (κ3) is 8.97. The number of esters is 4. The third-order valence-corrected chi connectivity index (χ3v) is 12.9. The van der Waals surface area contributed by atoms with E-state index >= 15 is 0 Å². The standard InChI is InChI=1S/C37H64N4O8/c1-23(6-9-31(42)46-19-18-41(4)5)26-7-8-27-35-28(22-30(37(26,27)3)49-34(45)13-17-40)36(2)14-10-25(47-32(43)11-15-38)20-24(36)21-29(35)48-33(44)12-16-39/h23-30,35H,6-22,38-40H2,1-5H3/t23-,24?,25-,26?,27+,28+,29-,30+,35?,36?,37-/m1/s1. The van der Waals surface area contributed by atoms with Crippen LogP contribution in [-0.2, 0) is 38.1 Å². The lowest BCUT2D eigenvalue weighted by Gasteiger charge is -2.64. The first kappa shape index (κ1) is 39.5. The highest BCUT2D eigenvalue weighted by Gasteiger charge is 2.67. The Hall–Kier alpha value is -2.28. The highest BCUT2D eigenvalue weighted by atomic mass is 16.6. The van der Waals surface area contributed by atoms with Crippen LogP contribution in [-0.4, -0.2) is 94.0 Å². The molecule has 280 valence electrons. The van der Waals surface area contributed by atoms with E-state index in [-0.39, 0.29) is 127 Å². The van der Waals surface area contributed by atoms with Crippen molar-refractivity contribution in [3.05, 3.63) is 0 Å². The molecular weight excluding hydrogens is 628 g/mol. The van der Waals surface area contributed by atoms with Gasteiger partial charge >= 0.3 is 23.9 Å². The number of ether oxygens (including phenoxy) is 4. The molecule has 0 bridgehead atoms. The van der Waals surface area contributed by atoms with Gasteiger partial charge < -0.3 is 41.0 Å². The first-order valence-corrected chi connectivity index (χ1v) is 18.8. The molecule has 0 aromatic carbocycles. The summed E-state index contributed by atoms with van der Waals surface area (Å²) in [7, 11) is 3.89. The molecule has 49 heavy (non-hydrogen) atoms. The summed E-state index contributed by atoms with van der Waals surface area (Å²) in [5.74, 6) is -0.116. The van der Waals surface area contributed by atoms with Crippen LogP contribution in [0.5, 0.6) is 0 Å². The molecule has 0 aliphatic heterocycles. The Balaban J connectivity index is 1.64. The lowest BCUT2D eigenvalue weighted by atomic mass is 9.43. The molecule has 4 fully saturated rings. The lowest BCUT2D eigenvalue weighted by Crippen LogP contribution is -2.63. The first-order valence-electron chi connectivity index (χ1n) is 18.8. The summed E-state index contributed by atoms with van der Waals surface area (Å²) in [6.45, 7) is 8.57. The number of likely N-dealkylation sites (N-methyl/N-ethyl adjacent to an activating group) is 1. The van der Waals surface area contributed by atoms with E-state index in [1.807, 2.05) is 19.0 Å². The molecule has 0 aromatic heterocycles. The van der Waals surface area contributed by atoms with Gasteiger partial charge in [0.15, 0.2) is 0 Å². The Kier molecular flexibility index (Phi) is 13.9. The summed E-state index contributed by atoms with van der Waals surface area (Å²) in [5, 5.41) is 0. The van der Waals surface area contributed by atoms with Crippen molar-refractivity contribution in [2.24, 2.45) is 63.5 Å². The number of carbonyl (C=O) groups is 4. The predicted molar refractivity (Wildman–Crippen MR) is 185 cm³/mol. The molecule has 0 heterocycles. The zero-order valence-electron chi connectivity index (χ0n) is 30.7. The minimum Gasteiger partial charge on any atom is -0.464 e. The Morgan fingerprint density at radius 2 is 1.41 bits per heavy atom. The number of rotatable bonds is 16. The zero-order valence-corrected chi connectivity index (χ0v) is 30.7. The summed E-state index contributed by atoms with van der Waals surface area (Å²) in [5.41, 5.74) is 16.7. The fourth-order valence-electron chi connectivity index (χ4n) is 10.5. The van der Waals surface area contributed by atoms with Crippen molar-refractivity contribution >= 4 is 23.9 Å². The van der Waals surface area contributed by atoms with Crippen molar-refractivity contribution in [2.45, 2.75) is 116 Å². The van der Waals surface area contributed by atoms with E-state index in [1.165, 1.54) is 0 Å². The molecule has 0 aromatic rings. The third-order valence-electron chi connectivity index (χ3n) is 12.9. The van der Waals surface area contributed by atoms with Crippen LogP contribution >= 0.6 is 0 Å². The van der Waals surface area contributed by atoms with E-state index in [2.05, 4.69) is 20.8 Å². The van der Waals surface area contributed by atoms with Gasteiger partial charge in [0.25, 0.3) is 0 Å². The summed E-state index contributed by atoms with van der Waals surface area (Å²) in [4.78, 5) is 53.3. The summed E-state index contributed by atoms with van der Waals surface area (Å²) in [6.07, 6.45) is 6.22. The van der Waals surface area contributed by atoms with E-state index in [0.29, 0.717) is 45.3 Å². The normalized spacial score (nSPS) is 35.8. The van der Waals surface area contributed by atoms with Gasteiger partial charge in [0.05, 0.1) is 19.3 Å². The second-order valence-electron chi connectivity index (χ2n) is 16.1. The molecule has 4 saturated carbocycles. The van der Waals surface area contributed by atoms with Crippen LogP contribution in [0.4, 0.5) is 0 Å². The number of carbonyl (C=O) groups excluding carboxylic acids is 4. The van der Waals surface area contributed by atoms with Gasteiger partial charge in [0.2, 0.25) is 0 Å². The largest absolute Gasteiger partial charge is 0.464 e. The zero-order chi connectivity index (χ0) is 35.9. The van der Waals surface area contributed by atoms with Crippen molar-refractivity contribution in [3.8, 4) is 0 Å². The monoisotopic (exact) mass is 692 g/mol. The van der Waals surface area contributed by atoms with Crippen molar-refractivity contribution in [1.82, 2.24) is 4.90 Å². The maximum absolute atomic E-state index is 13.2. The fraction of sp³-hybridized carbons (Fsp3) is 0.892. The second kappa shape index (κ2) is 17.3. The number of hydrogen-bond donors (Lipinski definition) is 3. The highest BCUT2D eigenvalue weighted by molar-refractivity contribution is 5.71. The van der Waals surface area contributed by atoms with Gasteiger partial charge in [0, 0.05) is 43.9 Å². The second-order valence-corrected chi connectivity index (χ2v) is 16.1. The van der Waals surface area contributed by atoms with Gasteiger partial charge in [-0.3, -0.25) is 19.2 Å². The molecule has 4 aliphatic carbocycles. The minimum absolute atomic E-state index is 0.0852. The van der Waals surface area contributed by atoms with E-state index in [9.17, 15) is 19.2 Å². The van der Waals surface area contributed by atoms with Crippen LogP contribution in [0, 0.1) is 46.3 Å². The molecule has 0 radical (unpaired) electrons. The average Bonchev–Trinajstić information content (AvgIpc) is 3.39. The van der Waals surface area contributed by atoms with E-state index in [0.717, 1.165) is 25.7 Å². The van der Waals surface area contributed by atoms with Gasteiger partial charge in [-0.25, -0.2) is 0 Å². The molecule has 4 unspecified atom stereocenters. The van der Waals surface area contributed by atoms with Crippen molar-refractivity contribution in [1.29, 1.82) is 0 Å². The van der Waals surface area contributed by atoms with Crippen LogP contribution in [0.2, 0.25) is 0 Å². The van der Waals surface area contributed by atoms with Crippen LogP contribution in [0.25, 0.3) is 0 Å². The average molecular weight is 693 g/mol. The number of nitrogens with two attached hydrogens (primary N) is 3. The van der Waals surface area contributed by atoms with Crippen LogP contribution < -0.4 is 17.2 Å². The van der Waals surface area contributed by atoms with Crippen LogP contribution in [0.1, 0.15) is 97.8 Å². The Morgan fingerprint density at radius 3 is 2.04 bits per heavy atom. The first-order chi connectivity index (χ1) is 23.3. The maximum Gasteiger partial charge on any atom is 0.307 e. The SMILES string of the molecule is C[C@H](CCC(=O)OCCN(C)C)C1CC[C@H]2C3[C@H](OC(=O)CCN)CC4C[C@H](OC(=O)CCN)CCC4(C)[C@H]3C[C@H](OC(=O)CCN)[C@]12C. The van der Waals surface area contributed by atoms with Crippen molar-refractivity contribution in [3.63, 3.8) is 0 Å². The quantitative estimate of drug-likeness (QED) is 0.159. The molecule has 11 atom stereocenters. The molecule has 12 heteroatoms. The van der Waals surface area contributed by atoms with E-state index in [1.54, 1.807) is 0 Å². The smallest absolute Gasteiger partial charge is 0.307 e. The molecule has 12 nitrogen and oxygen atoms in total. The Bertz CT molecular complexity index is 1150. The van der Waals surface area contributed by atoms with Gasteiger partial charge in [-0.15, -0.1) is 0 Å². The predicted octanol–water partition coefficient (Wildman–Crippen LogP) is 3.17. The molecular formula is C37H64N4O8. The van der Waals surface area contributed by atoms with Crippen molar-refractivity contribution in [2.75, 3.05) is 46.9 Å². The van der Waals surface area contributed by atoms with E-state index in [4.69, 9.17) is 36.1 Å². The summed E-state index contributed by atoms with van der Waals surface area (Å²) in [6, 6.07) is 0. The Morgan fingerprint density at radius 1 is 0.776 bits per heavy atom. The van der Waals surface area contributed by atoms with Crippen LogP contribution in [0.3, 0.4) is 0 Å². The summed E-state index contributed by atoms with van der Waals surface area (Å²) >= 11 is 0.